The Morgan fingerprint density at radius 1 is 1.05 bits per heavy atom. The molecule has 0 saturated heterocycles. The summed E-state index contributed by atoms with van der Waals surface area (Å²) in [6.45, 7) is 14.1. The van der Waals surface area contributed by atoms with E-state index in [2.05, 4.69) is 31.1 Å². The molecule has 0 heterocycles. The van der Waals surface area contributed by atoms with Crippen molar-refractivity contribution in [2.75, 3.05) is 20.5 Å². The van der Waals surface area contributed by atoms with Crippen molar-refractivity contribution in [1.82, 2.24) is 10.6 Å². The maximum atomic E-state index is 12.9. The molecule has 2 radical (unpaired) electrons. The molecular formula is C27H45BN2O8. The van der Waals surface area contributed by atoms with Crippen LogP contribution in [0.3, 0.4) is 0 Å². The van der Waals surface area contributed by atoms with E-state index in [1.807, 2.05) is 6.92 Å². The Morgan fingerprint density at radius 3 is 2.32 bits per heavy atom. The van der Waals surface area contributed by atoms with Crippen LogP contribution in [-0.2, 0) is 33.3 Å². The number of rotatable bonds is 15. The van der Waals surface area contributed by atoms with Gasteiger partial charge in [-0.1, -0.05) is 26.8 Å². The van der Waals surface area contributed by atoms with E-state index in [1.165, 1.54) is 14.0 Å². The second-order valence-electron chi connectivity index (χ2n) is 11.7. The molecule has 1 rings (SSSR count). The van der Waals surface area contributed by atoms with E-state index >= 15 is 0 Å². The summed E-state index contributed by atoms with van der Waals surface area (Å²) >= 11 is 0. The fourth-order valence-corrected chi connectivity index (χ4v) is 4.90. The Hall–Kier alpha value is -2.40. The van der Waals surface area contributed by atoms with Gasteiger partial charge in [0.2, 0.25) is 5.91 Å². The topological polar surface area (TPSA) is 129 Å². The van der Waals surface area contributed by atoms with Crippen LogP contribution in [-0.4, -0.2) is 74.8 Å². The molecule has 214 valence electrons. The van der Waals surface area contributed by atoms with Crippen molar-refractivity contribution in [3.63, 3.8) is 0 Å². The first-order chi connectivity index (χ1) is 17.5. The van der Waals surface area contributed by atoms with E-state index in [4.69, 9.17) is 26.8 Å². The number of methoxy groups -OCH3 is 1. The number of ketones is 1. The molecule has 1 aliphatic rings. The van der Waals surface area contributed by atoms with Crippen LogP contribution in [0.4, 0.5) is 4.79 Å². The zero-order valence-corrected chi connectivity index (χ0v) is 24.1. The van der Waals surface area contributed by atoms with E-state index < -0.39 is 34.6 Å². The van der Waals surface area contributed by atoms with Gasteiger partial charge in [0.05, 0.1) is 7.11 Å². The van der Waals surface area contributed by atoms with Crippen LogP contribution in [0.5, 0.6) is 0 Å². The molecular weight excluding hydrogens is 491 g/mol. The second-order valence-corrected chi connectivity index (χ2v) is 11.7. The monoisotopic (exact) mass is 536 g/mol. The number of esters is 1. The van der Waals surface area contributed by atoms with Gasteiger partial charge in [-0.05, 0) is 65.2 Å². The van der Waals surface area contributed by atoms with Gasteiger partial charge in [0.15, 0.2) is 12.6 Å². The van der Waals surface area contributed by atoms with Gasteiger partial charge in [0.25, 0.3) is 0 Å². The molecule has 0 aromatic heterocycles. The van der Waals surface area contributed by atoms with Crippen molar-refractivity contribution in [3.05, 3.63) is 12.7 Å². The zero-order chi connectivity index (χ0) is 29.2. The Labute approximate surface area is 228 Å². The number of carbonyl (C=O) groups excluding carboxylic acids is 4. The van der Waals surface area contributed by atoms with Crippen molar-refractivity contribution in [2.45, 2.75) is 109 Å². The molecule has 3 atom stereocenters. The highest BCUT2D eigenvalue weighted by atomic mass is 16.7. The molecule has 1 saturated carbocycles. The highest BCUT2D eigenvalue weighted by Gasteiger charge is 2.44. The molecule has 38 heavy (non-hydrogen) atoms. The highest BCUT2D eigenvalue weighted by Crippen LogP contribution is 2.41. The maximum absolute atomic E-state index is 12.9. The van der Waals surface area contributed by atoms with Gasteiger partial charge in [0, 0.05) is 30.7 Å². The van der Waals surface area contributed by atoms with Crippen molar-refractivity contribution in [1.29, 1.82) is 0 Å². The minimum atomic E-state index is -1.53. The summed E-state index contributed by atoms with van der Waals surface area (Å²) in [4.78, 5) is 48.3. The highest BCUT2D eigenvalue weighted by molar-refractivity contribution is 6.27. The lowest BCUT2D eigenvalue weighted by Gasteiger charge is -2.47. The average molecular weight is 536 g/mol. The minimum Gasteiger partial charge on any atom is -0.453 e. The van der Waals surface area contributed by atoms with Crippen LogP contribution in [0, 0.1) is 5.41 Å². The Balaban J connectivity index is 2.45. The minimum absolute atomic E-state index is 0.111. The third-order valence-corrected chi connectivity index (χ3v) is 6.65. The zero-order valence-electron chi connectivity index (χ0n) is 24.1. The molecule has 11 heteroatoms. The largest absolute Gasteiger partial charge is 0.453 e. The molecule has 1 fully saturated rings. The fraction of sp³-hybridized carbons (Fsp3) is 0.778. The third kappa shape index (κ3) is 11.6. The second kappa shape index (κ2) is 14.1. The molecule has 0 bridgehead atoms. The van der Waals surface area contributed by atoms with Gasteiger partial charge < -0.3 is 29.6 Å². The maximum Gasteiger partial charge on any atom is 0.407 e. The molecule has 0 spiro atoms. The number of amides is 2. The standard InChI is InChI=1S/C27H45BN2O8/c1-9-21(32)36-18-38-25(4,5)20(31)13-11-10-12-14-37-27(7,28)22(33)29-19-15-24(2,3)17-26(6,16-19)30-23(34)35-8/h9,19H,1,10-18H2,2-8H3,(H,29,33)(H,30,34). The molecule has 10 nitrogen and oxygen atoms in total. The SMILES string of the molecule is [B]C(C)(OCCCCCC(=O)C(C)(C)OCOC(=O)C=C)C(=O)NC1CC(C)(C)CC(C)(NC(=O)OC)C1. The van der Waals surface area contributed by atoms with Crippen LogP contribution >= 0.6 is 0 Å². The van der Waals surface area contributed by atoms with Crippen molar-refractivity contribution in [3.8, 4) is 0 Å². The molecule has 2 N–H and O–H groups in total. The number of Topliss-reactive ketones (excluding diaryl/α,β-unsaturated/α-hetero) is 1. The molecule has 0 aromatic carbocycles. The van der Waals surface area contributed by atoms with Crippen LogP contribution in [0.15, 0.2) is 12.7 Å². The normalized spacial score (nSPS) is 22.4. The lowest BCUT2D eigenvalue weighted by molar-refractivity contribution is -0.171. The number of nitrogens with one attached hydrogen (secondary N) is 2. The lowest BCUT2D eigenvalue weighted by Crippen LogP contribution is -2.59. The first-order valence-corrected chi connectivity index (χ1v) is 13.0. The van der Waals surface area contributed by atoms with E-state index in [0.29, 0.717) is 32.1 Å². The van der Waals surface area contributed by atoms with E-state index in [0.717, 1.165) is 18.9 Å². The van der Waals surface area contributed by atoms with Gasteiger partial charge in [-0.15, -0.1) is 0 Å². The van der Waals surface area contributed by atoms with Gasteiger partial charge in [0.1, 0.15) is 18.9 Å². The van der Waals surface area contributed by atoms with Crippen molar-refractivity contribution < 1.29 is 38.1 Å². The van der Waals surface area contributed by atoms with Gasteiger partial charge in [-0.2, -0.15) is 0 Å². The summed E-state index contributed by atoms with van der Waals surface area (Å²) in [6.07, 6.45) is 4.74. The number of unbranched alkanes of at least 4 members (excludes halogenated alkanes) is 2. The number of hydrogen-bond donors (Lipinski definition) is 2. The number of alkyl carbamates (subject to hydrolysis) is 1. The summed E-state index contributed by atoms with van der Waals surface area (Å²) in [5.41, 5.74) is -3.26. The van der Waals surface area contributed by atoms with Crippen molar-refractivity contribution in [2.24, 2.45) is 5.41 Å². The summed E-state index contributed by atoms with van der Waals surface area (Å²) in [5.74, 6) is -1.16. The molecule has 0 aliphatic heterocycles. The van der Waals surface area contributed by atoms with Crippen LogP contribution in [0.1, 0.15) is 86.5 Å². The Kier molecular flexibility index (Phi) is 12.5. The summed E-state index contributed by atoms with van der Waals surface area (Å²) in [7, 11) is 7.50. The van der Waals surface area contributed by atoms with E-state index in [1.54, 1.807) is 13.8 Å². The quantitative estimate of drug-likeness (QED) is 0.107. The predicted molar refractivity (Wildman–Crippen MR) is 143 cm³/mol. The Bertz CT molecular complexity index is 858. The molecule has 2 amide bonds. The van der Waals surface area contributed by atoms with Crippen LogP contribution in [0.25, 0.3) is 0 Å². The summed E-state index contributed by atoms with van der Waals surface area (Å²) in [5, 5.41) is 5.90. The van der Waals surface area contributed by atoms with Crippen LogP contribution < -0.4 is 10.6 Å². The summed E-state index contributed by atoms with van der Waals surface area (Å²) < 4.78 is 20.6. The van der Waals surface area contributed by atoms with Crippen LogP contribution in [0.2, 0.25) is 0 Å². The Morgan fingerprint density at radius 2 is 1.71 bits per heavy atom. The van der Waals surface area contributed by atoms with Crippen molar-refractivity contribution >= 4 is 31.6 Å². The fourth-order valence-electron chi connectivity index (χ4n) is 4.90. The average Bonchev–Trinajstić information content (AvgIpc) is 2.78. The predicted octanol–water partition coefficient (Wildman–Crippen LogP) is 3.31. The molecule has 3 unspecified atom stereocenters. The number of hydrogen-bond acceptors (Lipinski definition) is 8. The van der Waals surface area contributed by atoms with E-state index in [-0.39, 0.29) is 30.6 Å². The third-order valence-electron chi connectivity index (χ3n) is 6.65. The van der Waals surface area contributed by atoms with Gasteiger partial charge in [-0.3, -0.25) is 9.59 Å². The van der Waals surface area contributed by atoms with Gasteiger partial charge in [-0.25, -0.2) is 9.59 Å². The van der Waals surface area contributed by atoms with Gasteiger partial charge >= 0.3 is 12.1 Å². The summed E-state index contributed by atoms with van der Waals surface area (Å²) in [6, 6.07) is -0.197. The molecule has 0 aromatic rings. The van der Waals surface area contributed by atoms with E-state index in [9.17, 15) is 19.2 Å². The number of carbonyl (C=O) groups is 4. The number of ether oxygens (including phenoxy) is 4. The molecule has 1 aliphatic carbocycles. The first kappa shape index (κ1) is 33.6. The lowest BCUT2D eigenvalue weighted by atomic mass is 9.66. The smallest absolute Gasteiger partial charge is 0.407 e. The first-order valence-electron chi connectivity index (χ1n) is 13.0.